The number of piperazine rings is 1. The van der Waals surface area contributed by atoms with Crippen molar-refractivity contribution in [2.24, 2.45) is 5.92 Å². The largest absolute Gasteiger partial charge is 0.381 e. The van der Waals surface area contributed by atoms with E-state index in [0.29, 0.717) is 30.2 Å². The van der Waals surface area contributed by atoms with Crippen LogP contribution in [0.4, 0.5) is 0 Å². The molecule has 2 aromatic rings. The van der Waals surface area contributed by atoms with Gasteiger partial charge in [0.05, 0.1) is 0 Å². The minimum atomic E-state index is 0.0395. The topological polar surface area (TPSA) is 62.7 Å². The average molecular weight is 484 g/mol. The first-order valence-electron chi connectivity index (χ1n) is 12.2. The lowest BCUT2D eigenvalue weighted by Crippen LogP contribution is -2.55. The number of hydrogen-bond acceptors (Lipinski definition) is 5. The molecule has 0 unspecified atom stereocenters. The van der Waals surface area contributed by atoms with Crippen LogP contribution in [0.2, 0.25) is 5.02 Å². The number of pyridine rings is 1. The molecule has 1 aromatic heterocycles. The smallest absolute Gasteiger partial charge is 0.226 e. The molecule has 0 saturated carbocycles. The van der Waals surface area contributed by atoms with Crippen LogP contribution in [0, 0.1) is 19.8 Å². The Hall–Kier alpha value is -2.28. The van der Waals surface area contributed by atoms with E-state index in [1.807, 2.05) is 31.2 Å². The molecule has 6 nitrogen and oxygen atoms in total. The van der Waals surface area contributed by atoms with Gasteiger partial charge in [-0.25, -0.2) is 0 Å². The van der Waals surface area contributed by atoms with Gasteiger partial charge in [-0.2, -0.15) is 0 Å². The molecule has 4 rings (SSSR count). The zero-order valence-electron chi connectivity index (χ0n) is 20.3. The number of Topliss-reactive ketones (excluding diaryl/α,β-unsaturated/α-hetero) is 1. The first-order valence-corrected chi connectivity index (χ1v) is 12.5. The van der Waals surface area contributed by atoms with Crippen molar-refractivity contribution in [3.8, 4) is 0 Å². The predicted octanol–water partition coefficient (Wildman–Crippen LogP) is 4.24. The van der Waals surface area contributed by atoms with Gasteiger partial charge in [-0.1, -0.05) is 11.6 Å². The van der Waals surface area contributed by atoms with Gasteiger partial charge >= 0.3 is 0 Å². The molecule has 1 amide bonds. The Bertz CT molecular complexity index is 1030. The number of ketones is 1. The molecule has 2 fully saturated rings. The molecule has 0 N–H and O–H groups in total. The van der Waals surface area contributed by atoms with Crippen molar-refractivity contribution in [1.29, 1.82) is 0 Å². The van der Waals surface area contributed by atoms with Crippen LogP contribution in [-0.4, -0.2) is 65.4 Å². The molecule has 1 atom stereocenters. The maximum atomic E-state index is 13.0. The van der Waals surface area contributed by atoms with Gasteiger partial charge in [-0.3, -0.25) is 19.5 Å². The highest BCUT2D eigenvalue weighted by atomic mass is 35.5. The number of aryl methyl sites for hydroxylation is 1. The van der Waals surface area contributed by atoms with Crippen LogP contribution >= 0.6 is 11.6 Å². The number of ether oxygens (including phenoxy) is 1. The lowest BCUT2D eigenvalue weighted by atomic mass is 9.95. The monoisotopic (exact) mass is 483 g/mol. The summed E-state index contributed by atoms with van der Waals surface area (Å²) in [6.07, 6.45) is 3.59. The van der Waals surface area contributed by atoms with E-state index in [2.05, 4.69) is 28.6 Å². The van der Waals surface area contributed by atoms with Gasteiger partial charge in [0, 0.05) is 80.3 Å². The summed E-state index contributed by atoms with van der Waals surface area (Å²) < 4.78 is 5.42. The standard InChI is InChI=1S/C27H34ClN3O3/c1-18-4-5-22(15-29-18)26(32)14-23-12-25(28)13-24(20(23)3)17-30-8-9-31(19(2)16-30)27(33)21-6-10-34-11-7-21/h4-5,12-13,15,19,21H,6-11,14,16-17H2,1-3H3/t19-/m0/s1. The number of carbonyl (C=O) groups excluding carboxylic acids is 2. The van der Waals surface area contributed by atoms with E-state index in [1.165, 1.54) is 0 Å². The maximum Gasteiger partial charge on any atom is 0.226 e. The van der Waals surface area contributed by atoms with Gasteiger partial charge in [-0.15, -0.1) is 0 Å². The second-order valence-electron chi connectivity index (χ2n) is 9.64. The summed E-state index contributed by atoms with van der Waals surface area (Å²) in [6, 6.07) is 7.75. The van der Waals surface area contributed by atoms with E-state index in [4.69, 9.17) is 16.3 Å². The molecule has 2 aliphatic rings. The molecule has 0 spiro atoms. The number of amides is 1. The zero-order valence-corrected chi connectivity index (χ0v) is 21.1. The summed E-state index contributed by atoms with van der Waals surface area (Å²) in [5.41, 5.74) is 4.70. The maximum absolute atomic E-state index is 13.0. The number of hydrogen-bond donors (Lipinski definition) is 0. The highest BCUT2D eigenvalue weighted by Gasteiger charge is 2.32. The third kappa shape index (κ3) is 5.85. The Morgan fingerprint density at radius 2 is 1.85 bits per heavy atom. The highest BCUT2D eigenvalue weighted by Crippen LogP contribution is 2.26. The molecule has 34 heavy (non-hydrogen) atoms. The van der Waals surface area contributed by atoms with Crippen molar-refractivity contribution in [2.45, 2.75) is 52.6 Å². The Morgan fingerprint density at radius 1 is 1.12 bits per heavy atom. The van der Waals surface area contributed by atoms with Crippen LogP contribution in [-0.2, 0) is 22.5 Å². The van der Waals surface area contributed by atoms with Crippen LogP contribution in [0.15, 0.2) is 30.5 Å². The molecule has 0 bridgehead atoms. The van der Waals surface area contributed by atoms with E-state index < -0.39 is 0 Å². The summed E-state index contributed by atoms with van der Waals surface area (Å²) in [5, 5.41) is 0.645. The van der Waals surface area contributed by atoms with Gasteiger partial charge in [0.25, 0.3) is 0 Å². The second kappa shape index (κ2) is 11.0. The summed E-state index contributed by atoms with van der Waals surface area (Å²) in [4.78, 5) is 34.5. The van der Waals surface area contributed by atoms with Gasteiger partial charge in [0.15, 0.2) is 5.78 Å². The Balaban J connectivity index is 1.41. The van der Waals surface area contributed by atoms with Crippen molar-refractivity contribution in [2.75, 3.05) is 32.8 Å². The number of benzene rings is 1. The molecule has 0 aliphatic carbocycles. The minimum absolute atomic E-state index is 0.0395. The van der Waals surface area contributed by atoms with Gasteiger partial charge in [0.1, 0.15) is 0 Å². The minimum Gasteiger partial charge on any atom is -0.381 e. The van der Waals surface area contributed by atoms with E-state index in [-0.39, 0.29) is 23.7 Å². The van der Waals surface area contributed by atoms with Crippen LogP contribution in [0.25, 0.3) is 0 Å². The first-order chi connectivity index (χ1) is 16.3. The fraction of sp³-hybridized carbons (Fsp3) is 0.519. The number of aromatic nitrogens is 1. The quantitative estimate of drug-likeness (QED) is 0.575. The molecule has 0 radical (unpaired) electrons. The molecular formula is C27H34ClN3O3. The lowest BCUT2D eigenvalue weighted by Gasteiger charge is -2.42. The van der Waals surface area contributed by atoms with Gasteiger partial charge in [-0.05, 0) is 74.6 Å². The van der Waals surface area contributed by atoms with Crippen molar-refractivity contribution < 1.29 is 14.3 Å². The molecule has 182 valence electrons. The van der Waals surface area contributed by atoms with Crippen LogP contribution < -0.4 is 0 Å². The average Bonchev–Trinajstić information content (AvgIpc) is 2.82. The summed E-state index contributed by atoms with van der Waals surface area (Å²) in [7, 11) is 0. The fourth-order valence-electron chi connectivity index (χ4n) is 4.98. The number of nitrogens with zero attached hydrogens (tertiary/aromatic N) is 3. The number of halogens is 1. The van der Waals surface area contributed by atoms with E-state index >= 15 is 0 Å². The Kier molecular flexibility index (Phi) is 8.02. The summed E-state index contributed by atoms with van der Waals surface area (Å²) >= 11 is 6.46. The highest BCUT2D eigenvalue weighted by molar-refractivity contribution is 6.30. The fourth-order valence-corrected chi connectivity index (χ4v) is 5.24. The SMILES string of the molecule is Cc1ccc(C(=O)Cc2cc(Cl)cc(CN3CCN(C(=O)C4CCOCC4)[C@@H](C)C3)c2C)cn1. The van der Waals surface area contributed by atoms with Crippen LogP contribution in [0.5, 0.6) is 0 Å². The van der Waals surface area contributed by atoms with Crippen molar-refractivity contribution >= 4 is 23.3 Å². The molecule has 7 heteroatoms. The number of rotatable bonds is 6. The first kappa shape index (κ1) is 24.8. The summed E-state index contributed by atoms with van der Waals surface area (Å²) in [6.45, 7) is 10.6. The third-order valence-corrected chi connectivity index (χ3v) is 7.35. The van der Waals surface area contributed by atoms with Crippen molar-refractivity contribution in [1.82, 2.24) is 14.8 Å². The molecular weight excluding hydrogens is 450 g/mol. The van der Waals surface area contributed by atoms with E-state index in [1.54, 1.807) is 6.20 Å². The van der Waals surface area contributed by atoms with Crippen LogP contribution in [0.1, 0.15) is 52.5 Å². The molecule has 1 aromatic carbocycles. The van der Waals surface area contributed by atoms with E-state index in [0.717, 1.165) is 61.4 Å². The lowest BCUT2D eigenvalue weighted by molar-refractivity contribution is -0.143. The summed E-state index contributed by atoms with van der Waals surface area (Å²) in [5.74, 6) is 0.417. The molecule has 3 heterocycles. The zero-order chi connectivity index (χ0) is 24.2. The van der Waals surface area contributed by atoms with Gasteiger partial charge in [0.2, 0.25) is 5.91 Å². The molecule has 2 aliphatic heterocycles. The van der Waals surface area contributed by atoms with Crippen LogP contribution in [0.3, 0.4) is 0 Å². The van der Waals surface area contributed by atoms with Crippen molar-refractivity contribution in [3.63, 3.8) is 0 Å². The Labute approximate surface area is 207 Å². The Morgan fingerprint density at radius 3 is 2.53 bits per heavy atom. The third-order valence-electron chi connectivity index (χ3n) is 7.13. The number of carbonyl (C=O) groups is 2. The normalized spacial score (nSPS) is 19.9. The predicted molar refractivity (Wildman–Crippen MR) is 133 cm³/mol. The van der Waals surface area contributed by atoms with E-state index in [9.17, 15) is 9.59 Å². The second-order valence-corrected chi connectivity index (χ2v) is 10.1. The van der Waals surface area contributed by atoms with Gasteiger partial charge < -0.3 is 9.64 Å². The van der Waals surface area contributed by atoms with Crippen molar-refractivity contribution in [3.05, 3.63) is 63.4 Å². The molecule has 2 saturated heterocycles.